The fourth-order valence-electron chi connectivity index (χ4n) is 0.948. The van der Waals surface area contributed by atoms with E-state index in [2.05, 4.69) is 15.9 Å². The molecule has 0 radical (unpaired) electrons. The Kier molecular flexibility index (Phi) is 2.89. The summed E-state index contributed by atoms with van der Waals surface area (Å²) in [6.45, 7) is 1.31. The maximum atomic E-state index is 12.8. The van der Waals surface area contributed by atoms with Crippen LogP contribution in [0.5, 0.6) is 0 Å². The van der Waals surface area contributed by atoms with Gasteiger partial charge in [0.25, 0.3) is 0 Å². The van der Waals surface area contributed by atoms with Crippen LogP contribution in [0.2, 0.25) is 0 Å². The quantitative estimate of drug-likeness (QED) is 0.834. The average Bonchev–Trinajstić information content (AvgIpc) is 2.01. The van der Waals surface area contributed by atoms with Crippen molar-refractivity contribution in [3.8, 4) is 0 Å². The topological polar surface area (TPSA) is 37.3 Å². The van der Waals surface area contributed by atoms with Gasteiger partial charge in [0, 0.05) is 6.07 Å². The molecule has 1 aromatic rings. The molecule has 0 aliphatic heterocycles. The van der Waals surface area contributed by atoms with Crippen molar-refractivity contribution < 1.29 is 18.7 Å². The summed E-state index contributed by atoms with van der Waals surface area (Å²) in [5, 5.41) is 8.78. The van der Waals surface area contributed by atoms with Crippen LogP contribution in [0.3, 0.4) is 0 Å². The summed E-state index contributed by atoms with van der Waals surface area (Å²) in [7, 11) is 0. The highest BCUT2D eigenvalue weighted by molar-refractivity contribution is 9.10. The summed E-state index contributed by atoms with van der Waals surface area (Å²) in [5.41, 5.74) is 0.0301. The second-order valence-corrected chi connectivity index (χ2v) is 4.55. The first-order chi connectivity index (χ1) is 6.34. The van der Waals surface area contributed by atoms with Crippen LogP contribution in [-0.4, -0.2) is 11.1 Å². The predicted molar refractivity (Wildman–Crippen MR) is 50.3 cm³/mol. The number of hydrogen-bond acceptors (Lipinski definition) is 1. The number of carboxylic acids is 1. The second kappa shape index (κ2) is 3.65. The molecule has 0 unspecified atom stereocenters. The standard InChI is InChI=1S/C9H7BrF2O2/c1-9(10,8(13)14)5-2-6(11)4-7(12)3-5/h2-4H,1H3,(H,13,14)/t9-/m0/s1. The highest BCUT2D eigenvalue weighted by atomic mass is 79.9. The molecule has 5 heteroatoms. The Bertz CT molecular complexity index is 357. The van der Waals surface area contributed by atoms with Crippen LogP contribution in [-0.2, 0) is 9.12 Å². The minimum Gasteiger partial charge on any atom is -0.480 e. The summed E-state index contributed by atoms with van der Waals surface area (Å²) in [4.78, 5) is 10.8. The van der Waals surface area contributed by atoms with E-state index >= 15 is 0 Å². The highest BCUT2D eigenvalue weighted by Crippen LogP contribution is 2.31. The van der Waals surface area contributed by atoms with Crippen LogP contribution in [0.1, 0.15) is 12.5 Å². The lowest BCUT2D eigenvalue weighted by molar-refractivity contribution is -0.139. The minimum absolute atomic E-state index is 0.0301. The Morgan fingerprint density at radius 2 is 1.79 bits per heavy atom. The third-order valence-electron chi connectivity index (χ3n) is 1.81. The minimum atomic E-state index is -1.48. The van der Waals surface area contributed by atoms with Crippen molar-refractivity contribution in [1.29, 1.82) is 0 Å². The summed E-state index contributed by atoms with van der Waals surface area (Å²) < 4.78 is 24.1. The third-order valence-corrected chi connectivity index (χ3v) is 2.60. The molecule has 1 rings (SSSR count). The summed E-state index contributed by atoms with van der Waals surface area (Å²) in [6.07, 6.45) is 0. The van der Waals surface area contributed by atoms with Crippen molar-refractivity contribution in [3.05, 3.63) is 35.4 Å². The first-order valence-electron chi connectivity index (χ1n) is 3.73. The van der Waals surface area contributed by atoms with Crippen molar-refractivity contribution in [2.75, 3.05) is 0 Å². The van der Waals surface area contributed by atoms with E-state index in [-0.39, 0.29) is 5.56 Å². The van der Waals surface area contributed by atoms with E-state index in [4.69, 9.17) is 5.11 Å². The predicted octanol–water partition coefficient (Wildman–Crippen LogP) is 2.66. The maximum absolute atomic E-state index is 12.8. The molecule has 0 heterocycles. The molecule has 1 N–H and O–H groups in total. The molecule has 0 amide bonds. The molecule has 0 aliphatic carbocycles. The molecule has 0 spiro atoms. The fourth-order valence-corrected chi connectivity index (χ4v) is 1.18. The normalized spacial score (nSPS) is 14.9. The number of halogens is 3. The Labute approximate surface area is 87.7 Å². The van der Waals surface area contributed by atoms with Gasteiger partial charge in [0.2, 0.25) is 0 Å². The van der Waals surface area contributed by atoms with E-state index in [1.165, 1.54) is 6.92 Å². The van der Waals surface area contributed by atoms with Gasteiger partial charge in [-0.15, -0.1) is 0 Å². The average molecular weight is 265 g/mol. The van der Waals surface area contributed by atoms with E-state index in [9.17, 15) is 13.6 Å². The first kappa shape index (κ1) is 11.1. The number of aliphatic carboxylic acids is 1. The van der Waals surface area contributed by atoms with Gasteiger partial charge in [-0.25, -0.2) is 8.78 Å². The Morgan fingerprint density at radius 3 is 2.14 bits per heavy atom. The van der Waals surface area contributed by atoms with Gasteiger partial charge in [0.1, 0.15) is 16.0 Å². The molecule has 0 bridgehead atoms. The first-order valence-corrected chi connectivity index (χ1v) is 4.52. The Hall–Kier alpha value is -0.970. The molecule has 2 nitrogen and oxygen atoms in total. The van der Waals surface area contributed by atoms with Crippen LogP contribution >= 0.6 is 15.9 Å². The third kappa shape index (κ3) is 2.09. The van der Waals surface area contributed by atoms with E-state index in [0.717, 1.165) is 12.1 Å². The number of rotatable bonds is 2. The zero-order valence-electron chi connectivity index (χ0n) is 7.22. The maximum Gasteiger partial charge on any atom is 0.324 e. The Balaban J connectivity index is 3.25. The molecule has 0 aliphatic rings. The van der Waals surface area contributed by atoms with Crippen molar-refractivity contribution in [2.45, 2.75) is 11.2 Å². The van der Waals surface area contributed by atoms with Crippen molar-refractivity contribution >= 4 is 21.9 Å². The van der Waals surface area contributed by atoms with E-state index < -0.39 is 21.9 Å². The number of alkyl halides is 1. The van der Waals surface area contributed by atoms with Gasteiger partial charge in [-0.2, -0.15) is 0 Å². The number of hydrogen-bond donors (Lipinski definition) is 1. The smallest absolute Gasteiger partial charge is 0.324 e. The number of carbonyl (C=O) groups is 1. The van der Waals surface area contributed by atoms with E-state index in [1.807, 2.05) is 0 Å². The van der Waals surface area contributed by atoms with E-state index in [1.54, 1.807) is 0 Å². The van der Waals surface area contributed by atoms with Gasteiger partial charge >= 0.3 is 5.97 Å². The van der Waals surface area contributed by atoms with Crippen LogP contribution < -0.4 is 0 Å². The lowest BCUT2D eigenvalue weighted by Gasteiger charge is -2.17. The molecular weight excluding hydrogens is 258 g/mol. The van der Waals surface area contributed by atoms with Crippen LogP contribution in [0, 0.1) is 11.6 Å². The molecular formula is C9H7BrF2O2. The highest BCUT2D eigenvalue weighted by Gasteiger charge is 2.32. The summed E-state index contributed by atoms with van der Waals surface area (Å²) in [6, 6.07) is 2.65. The van der Waals surface area contributed by atoms with Crippen molar-refractivity contribution in [3.63, 3.8) is 0 Å². The molecule has 0 aromatic heterocycles. The van der Waals surface area contributed by atoms with Crippen molar-refractivity contribution in [1.82, 2.24) is 0 Å². The van der Waals surface area contributed by atoms with Crippen LogP contribution in [0.4, 0.5) is 8.78 Å². The lowest BCUT2D eigenvalue weighted by Crippen LogP contribution is -2.25. The zero-order valence-corrected chi connectivity index (χ0v) is 8.81. The largest absolute Gasteiger partial charge is 0.480 e. The van der Waals surface area contributed by atoms with Crippen LogP contribution in [0.15, 0.2) is 18.2 Å². The number of benzene rings is 1. The number of carboxylic acid groups (broad SMARTS) is 1. The molecule has 76 valence electrons. The fraction of sp³-hybridized carbons (Fsp3) is 0.222. The van der Waals surface area contributed by atoms with Crippen molar-refractivity contribution in [2.24, 2.45) is 0 Å². The molecule has 14 heavy (non-hydrogen) atoms. The molecule has 0 saturated carbocycles. The monoisotopic (exact) mass is 264 g/mol. The summed E-state index contributed by atoms with van der Waals surface area (Å²) >= 11 is 2.89. The van der Waals surface area contributed by atoms with Gasteiger partial charge < -0.3 is 5.11 Å². The second-order valence-electron chi connectivity index (χ2n) is 2.97. The van der Waals surface area contributed by atoms with Gasteiger partial charge in [-0.05, 0) is 24.6 Å². The zero-order chi connectivity index (χ0) is 10.9. The van der Waals surface area contributed by atoms with Gasteiger partial charge in [0.05, 0.1) is 0 Å². The van der Waals surface area contributed by atoms with Crippen LogP contribution in [0.25, 0.3) is 0 Å². The molecule has 1 aromatic carbocycles. The summed E-state index contributed by atoms with van der Waals surface area (Å²) in [5.74, 6) is -2.80. The van der Waals surface area contributed by atoms with E-state index in [0.29, 0.717) is 6.07 Å². The molecule has 0 fully saturated rings. The lowest BCUT2D eigenvalue weighted by atomic mass is 10.0. The molecule has 0 saturated heterocycles. The van der Waals surface area contributed by atoms with Gasteiger partial charge in [-0.3, -0.25) is 4.79 Å². The van der Waals surface area contributed by atoms with Gasteiger partial charge in [-0.1, -0.05) is 15.9 Å². The Morgan fingerprint density at radius 1 is 1.36 bits per heavy atom. The SMILES string of the molecule is C[C@@](Br)(C(=O)O)c1cc(F)cc(F)c1. The van der Waals surface area contributed by atoms with Gasteiger partial charge in [0.15, 0.2) is 0 Å². The molecule has 1 atom stereocenters.